The number of hydrogen-bond donors (Lipinski definition) is 3. The first-order valence-corrected chi connectivity index (χ1v) is 10.1. The van der Waals surface area contributed by atoms with Crippen LogP contribution in [0.15, 0.2) is 60.8 Å². The van der Waals surface area contributed by atoms with E-state index in [9.17, 15) is 19.5 Å². The molecule has 3 rings (SSSR count). The zero-order valence-corrected chi connectivity index (χ0v) is 18.4. The number of carbonyl (C=O) groups excluding carboxylic acids is 2. The molecule has 0 atom stereocenters. The molecular formula is C25H25N3O4. The van der Waals surface area contributed by atoms with E-state index in [1.165, 1.54) is 6.92 Å². The summed E-state index contributed by atoms with van der Waals surface area (Å²) in [5.74, 6) is -1.77. The third-order valence-electron chi connectivity index (χ3n) is 4.83. The van der Waals surface area contributed by atoms with Crippen molar-refractivity contribution in [2.75, 3.05) is 10.6 Å². The van der Waals surface area contributed by atoms with E-state index in [-0.39, 0.29) is 22.6 Å². The van der Waals surface area contributed by atoms with Gasteiger partial charge in [-0.15, -0.1) is 0 Å². The number of carboxylic acid groups (broad SMARTS) is 1. The molecule has 0 aliphatic carbocycles. The highest BCUT2D eigenvalue weighted by molar-refractivity contribution is 6.10. The Morgan fingerprint density at radius 2 is 1.62 bits per heavy atom. The summed E-state index contributed by atoms with van der Waals surface area (Å²) in [7, 11) is 0. The van der Waals surface area contributed by atoms with Gasteiger partial charge in [0.2, 0.25) is 5.91 Å². The van der Waals surface area contributed by atoms with Crippen LogP contribution < -0.4 is 10.6 Å². The smallest absolute Gasteiger partial charge is 0.338 e. The van der Waals surface area contributed by atoms with Crippen LogP contribution in [0.4, 0.5) is 11.4 Å². The molecule has 2 amide bonds. The number of nitrogens with one attached hydrogen (secondary N) is 2. The van der Waals surface area contributed by atoms with Crippen LogP contribution in [0.5, 0.6) is 0 Å². The number of hydrogen-bond acceptors (Lipinski definition) is 4. The Balaban J connectivity index is 1.96. The number of benzene rings is 2. The van der Waals surface area contributed by atoms with Gasteiger partial charge in [-0.2, -0.15) is 0 Å². The zero-order valence-electron chi connectivity index (χ0n) is 18.4. The molecule has 1 aromatic heterocycles. The average Bonchev–Trinajstić information content (AvgIpc) is 2.73. The molecule has 0 bridgehead atoms. The summed E-state index contributed by atoms with van der Waals surface area (Å²) in [6.45, 7) is 7.41. The molecule has 0 saturated carbocycles. The Morgan fingerprint density at radius 1 is 0.938 bits per heavy atom. The Morgan fingerprint density at radius 3 is 2.22 bits per heavy atom. The first kappa shape index (κ1) is 22.7. The fourth-order valence-electron chi connectivity index (χ4n) is 3.24. The quantitative estimate of drug-likeness (QED) is 0.529. The molecule has 0 spiro atoms. The van der Waals surface area contributed by atoms with Crippen LogP contribution in [-0.2, 0) is 10.2 Å². The van der Waals surface area contributed by atoms with Gasteiger partial charge in [0.05, 0.1) is 11.3 Å². The average molecular weight is 431 g/mol. The molecule has 0 aliphatic rings. The minimum Gasteiger partial charge on any atom is -0.478 e. The molecule has 7 heteroatoms. The monoisotopic (exact) mass is 431 g/mol. The number of aromatic carboxylic acids is 1. The van der Waals surface area contributed by atoms with Crippen molar-refractivity contribution in [3.05, 3.63) is 77.6 Å². The standard InChI is InChI=1S/C25H25N3O4/c1-15(29)27-18-10-8-16(9-11-18)19-6-5-7-20(22(19)24(31)32)28-23(30)17-12-13-26-21(14-17)25(2,3)4/h5-14H,1-4H3,(H,27,29)(H,28,30)(H,31,32). The van der Waals surface area contributed by atoms with Crippen molar-refractivity contribution in [3.63, 3.8) is 0 Å². The van der Waals surface area contributed by atoms with E-state index in [4.69, 9.17) is 0 Å². The molecule has 164 valence electrons. The normalized spacial score (nSPS) is 11.0. The van der Waals surface area contributed by atoms with Gasteiger partial charge in [-0.25, -0.2) is 4.79 Å². The van der Waals surface area contributed by atoms with Gasteiger partial charge in [0.15, 0.2) is 0 Å². The minimum absolute atomic E-state index is 0.0155. The fraction of sp³-hybridized carbons (Fsp3) is 0.200. The highest BCUT2D eigenvalue weighted by Gasteiger charge is 2.21. The van der Waals surface area contributed by atoms with Crippen LogP contribution in [0.3, 0.4) is 0 Å². The summed E-state index contributed by atoms with van der Waals surface area (Å²) in [4.78, 5) is 40.5. The van der Waals surface area contributed by atoms with E-state index in [1.807, 2.05) is 20.8 Å². The number of rotatable bonds is 5. The van der Waals surface area contributed by atoms with E-state index >= 15 is 0 Å². The molecule has 7 nitrogen and oxygen atoms in total. The second-order valence-corrected chi connectivity index (χ2v) is 8.43. The van der Waals surface area contributed by atoms with Crippen LogP contribution in [0.2, 0.25) is 0 Å². The van der Waals surface area contributed by atoms with E-state index in [0.717, 1.165) is 5.69 Å². The van der Waals surface area contributed by atoms with Crippen molar-refractivity contribution in [2.45, 2.75) is 33.1 Å². The van der Waals surface area contributed by atoms with Crippen molar-refractivity contribution in [1.82, 2.24) is 4.98 Å². The molecular weight excluding hydrogens is 406 g/mol. The number of anilines is 2. The summed E-state index contributed by atoms with van der Waals surface area (Å²) < 4.78 is 0. The summed E-state index contributed by atoms with van der Waals surface area (Å²) in [5.41, 5.74) is 2.81. The van der Waals surface area contributed by atoms with E-state index in [1.54, 1.807) is 60.8 Å². The van der Waals surface area contributed by atoms with Crippen LogP contribution >= 0.6 is 0 Å². The summed E-state index contributed by atoms with van der Waals surface area (Å²) in [6, 6.07) is 15.0. The van der Waals surface area contributed by atoms with E-state index in [0.29, 0.717) is 22.4 Å². The summed E-state index contributed by atoms with van der Waals surface area (Å²) in [6.07, 6.45) is 1.57. The highest BCUT2D eigenvalue weighted by atomic mass is 16.4. The first-order valence-electron chi connectivity index (χ1n) is 10.1. The number of carbonyl (C=O) groups is 3. The van der Waals surface area contributed by atoms with Gasteiger partial charge in [-0.05, 0) is 41.5 Å². The lowest BCUT2D eigenvalue weighted by atomic mass is 9.91. The Labute approximate surface area is 186 Å². The predicted octanol–water partition coefficient (Wildman–Crippen LogP) is 4.96. The van der Waals surface area contributed by atoms with Crippen molar-refractivity contribution in [2.24, 2.45) is 0 Å². The van der Waals surface area contributed by atoms with Crippen molar-refractivity contribution < 1.29 is 19.5 Å². The van der Waals surface area contributed by atoms with Gasteiger partial charge in [0.1, 0.15) is 0 Å². The number of carboxylic acids is 1. The summed E-state index contributed by atoms with van der Waals surface area (Å²) in [5, 5.41) is 15.3. The molecule has 2 aromatic carbocycles. The van der Waals surface area contributed by atoms with E-state index < -0.39 is 11.9 Å². The second kappa shape index (κ2) is 9.01. The van der Waals surface area contributed by atoms with Crippen LogP contribution in [-0.4, -0.2) is 27.9 Å². The number of amides is 2. The number of aromatic nitrogens is 1. The molecule has 3 aromatic rings. The van der Waals surface area contributed by atoms with Crippen molar-refractivity contribution in [3.8, 4) is 11.1 Å². The topological polar surface area (TPSA) is 108 Å². The highest BCUT2D eigenvalue weighted by Crippen LogP contribution is 2.31. The van der Waals surface area contributed by atoms with Gasteiger partial charge in [-0.3, -0.25) is 14.6 Å². The minimum atomic E-state index is -1.16. The molecule has 1 heterocycles. The Kier molecular flexibility index (Phi) is 6.39. The molecule has 0 fully saturated rings. The Bertz CT molecular complexity index is 1180. The molecule has 3 N–H and O–H groups in total. The SMILES string of the molecule is CC(=O)Nc1ccc(-c2cccc(NC(=O)c3ccnc(C(C)(C)C)c3)c2C(=O)O)cc1. The lowest BCUT2D eigenvalue weighted by Crippen LogP contribution is -2.18. The number of nitrogens with zero attached hydrogens (tertiary/aromatic N) is 1. The van der Waals surface area contributed by atoms with Gasteiger partial charge in [0.25, 0.3) is 5.91 Å². The van der Waals surface area contributed by atoms with Crippen LogP contribution in [0.25, 0.3) is 11.1 Å². The number of pyridine rings is 1. The lowest BCUT2D eigenvalue weighted by molar-refractivity contribution is -0.114. The maximum absolute atomic E-state index is 12.9. The maximum atomic E-state index is 12.9. The lowest BCUT2D eigenvalue weighted by Gasteiger charge is -2.18. The van der Waals surface area contributed by atoms with Gasteiger partial charge in [-0.1, -0.05) is 45.0 Å². The second-order valence-electron chi connectivity index (χ2n) is 8.43. The Hall–Kier alpha value is -4.00. The predicted molar refractivity (Wildman–Crippen MR) is 124 cm³/mol. The molecule has 0 unspecified atom stereocenters. The molecule has 0 aliphatic heterocycles. The van der Waals surface area contributed by atoms with E-state index in [2.05, 4.69) is 15.6 Å². The molecule has 32 heavy (non-hydrogen) atoms. The molecule has 0 saturated heterocycles. The third-order valence-corrected chi connectivity index (χ3v) is 4.83. The fourth-order valence-corrected chi connectivity index (χ4v) is 3.24. The van der Waals surface area contributed by atoms with Crippen LogP contribution in [0, 0.1) is 0 Å². The van der Waals surface area contributed by atoms with Gasteiger partial charge < -0.3 is 15.7 Å². The summed E-state index contributed by atoms with van der Waals surface area (Å²) >= 11 is 0. The zero-order chi connectivity index (χ0) is 23.5. The molecule has 0 radical (unpaired) electrons. The van der Waals surface area contributed by atoms with Gasteiger partial charge >= 0.3 is 5.97 Å². The first-order chi connectivity index (χ1) is 15.1. The largest absolute Gasteiger partial charge is 0.478 e. The van der Waals surface area contributed by atoms with Crippen molar-refractivity contribution in [1.29, 1.82) is 0 Å². The van der Waals surface area contributed by atoms with Crippen molar-refractivity contribution >= 4 is 29.2 Å². The maximum Gasteiger partial charge on any atom is 0.338 e. The van der Waals surface area contributed by atoms with Crippen LogP contribution in [0.1, 0.15) is 54.1 Å². The van der Waals surface area contributed by atoms with Gasteiger partial charge in [0, 0.05) is 35.5 Å². The third kappa shape index (κ3) is 5.18.